The Kier molecular flexibility index (Phi) is 4.79. The second-order valence-electron chi connectivity index (χ2n) is 6.37. The van der Waals surface area contributed by atoms with E-state index in [-0.39, 0.29) is 0 Å². The van der Waals surface area contributed by atoms with E-state index in [2.05, 4.69) is 86.4 Å². The molecule has 0 spiro atoms. The van der Waals surface area contributed by atoms with Crippen molar-refractivity contribution in [2.45, 2.75) is 43.1 Å². The molecule has 0 bridgehead atoms. The fourth-order valence-corrected chi connectivity index (χ4v) is 3.71. The number of rotatable bonds is 5. The van der Waals surface area contributed by atoms with E-state index in [1.165, 1.54) is 31.8 Å². The molecule has 0 aliphatic carbocycles. The fraction of sp³-hybridized carbons (Fsp3) is 0.300. The van der Waals surface area contributed by atoms with Crippen LogP contribution < -0.4 is 0 Å². The van der Waals surface area contributed by atoms with Crippen molar-refractivity contribution in [3.8, 4) is 0 Å². The van der Waals surface area contributed by atoms with Crippen molar-refractivity contribution in [2.75, 3.05) is 7.05 Å². The van der Waals surface area contributed by atoms with Crippen molar-refractivity contribution in [3.63, 3.8) is 0 Å². The topological polar surface area (TPSA) is 19.0 Å². The van der Waals surface area contributed by atoms with Crippen LogP contribution in [-0.4, -0.2) is 23.0 Å². The van der Waals surface area contributed by atoms with Gasteiger partial charge in [-0.15, -0.1) is 0 Å². The molecule has 0 aliphatic heterocycles. The van der Waals surface area contributed by atoms with Crippen molar-refractivity contribution in [3.05, 3.63) is 59.8 Å². The number of aromatic nitrogens is 1. The van der Waals surface area contributed by atoms with Crippen molar-refractivity contribution in [1.82, 2.24) is 9.88 Å². The fourth-order valence-electron chi connectivity index (χ4n) is 2.67. The highest BCUT2D eigenvalue weighted by Crippen LogP contribution is 2.36. The first-order chi connectivity index (χ1) is 11.1. The number of aryl methyl sites for hydroxylation is 1. The highest BCUT2D eigenvalue weighted by Gasteiger charge is 2.11. The van der Waals surface area contributed by atoms with Crippen LogP contribution >= 0.6 is 11.8 Å². The molecule has 3 heteroatoms. The predicted octanol–water partition coefficient (Wildman–Crippen LogP) is 5.47. The van der Waals surface area contributed by atoms with Gasteiger partial charge in [0.25, 0.3) is 0 Å². The third kappa shape index (κ3) is 3.46. The average molecular weight is 324 g/mol. The van der Waals surface area contributed by atoms with E-state index in [4.69, 9.17) is 0 Å². The van der Waals surface area contributed by atoms with Gasteiger partial charge in [0.2, 0.25) is 0 Å². The van der Waals surface area contributed by atoms with Crippen LogP contribution in [0, 0.1) is 6.92 Å². The summed E-state index contributed by atoms with van der Waals surface area (Å²) >= 11 is 1.85. The zero-order valence-corrected chi connectivity index (χ0v) is 15.1. The Labute approximate surface area is 142 Å². The van der Waals surface area contributed by atoms with E-state index in [9.17, 15) is 0 Å². The first-order valence-electron chi connectivity index (χ1n) is 8.09. The number of nitrogens with zero attached hydrogens (tertiary/aromatic N) is 1. The predicted molar refractivity (Wildman–Crippen MR) is 100 cm³/mol. The number of nitrogens with one attached hydrogen (secondary N) is 1. The minimum absolute atomic E-state index is 0.545. The molecule has 3 aromatic rings. The van der Waals surface area contributed by atoms with Gasteiger partial charge in [-0.05, 0) is 45.0 Å². The lowest BCUT2D eigenvalue weighted by Crippen LogP contribution is -2.25. The molecule has 0 aliphatic rings. The van der Waals surface area contributed by atoms with E-state index in [0.717, 1.165) is 6.54 Å². The summed E-state index contributed by atoms with van der Waals surface area (Å²) < 4.78 is 0. The van der Waals surface area contributed by atoms with E-state index >= 15 is 0 Å². The van der Waals surface area contributed by atoms with Crippen LogP contribution in [0.2, 0.25) is 0 Å². The van der Waals surface area contributed by atoms with Crippen LogP contribution in [0.3, 0.4) is 0 Å². The minimum Gasteiger partial charge on any atom is -0.360 e. The van der Waals surface area contributed by atoms with Crippen LogP contribution in [0.25, 0.3) is 10.9 Å². The van der Waals surface area contributed by atoms with Crippen LogP contribution in [-0.2, 0) is 6.54 Å². The number of para-hydroxylation sites is 1. The first kappa shape index (κ1) is 16.2. The normalized spacial score (nSPS) is 11.7. The standard InChI is InChI=1S/C20H24N2S/c1-14(2)22(4)13-16-9-5-6-11-18(16)23-19-12-21-20-15(3)8-7-10-17(19)20/h5-12,14,21H,13H2,1-4H3. The molecular formula is C20H24N2S. The summed E-state index contributed by atoms with van der Waals surface area (Å²) in [6, 6.07) is 15.7. The summed E-state index contributed by atoms with van der Waals surface area (Å²) in [4.78, 5) is 8.43. The first-order valence-corrected chi connectivity index (χ1v) is 8.90. The SMILES string of the molecule is Cc1cccc2c(Sc3ccccc3CN(C)C(C)C)c[nH]c12. The van der Waals surface area contributed by atoms with Gasteiger partial charge in [-0.3, -0.25) is 4.90 Å². The number of hydrogen-bond donors (Lipinski definition) is 1. The van der Waals surface area contributed by atoms with E-state index in [1.807, 2.05) is 11.8 Å². The van der Waals surface area contributed by atoms with Gasteiger partial charge in [0.05, 0.1) is 0 Å². The summed E-state index contributed by atoms with van der Waals surface area (Å²) in [6.45, 7) is 7.59. The third-order valence-electron chi connectivity index (χ3n) is 4.38. The molecule has 0 saturated carbocycles. The second-order valence-corrected chi connectivity index (χ2v) is 7.45. The molecule has 0 atom stereocenters. The van der Waals surface area contributed by atoms with E-state index in [1.54, 1.807) is 0 Å². The molecule has 120 valence electrons. The van der Waals surface area contributed by atoms with Crippen LogP contribution in [0.4, 0.5) is 0 Å². The molecule has 2 aromatic carbocycles. The monoisotopic (exact) mass is 324 g/mol. The second kappa shape index (κ2) is 6.81. The van der Waals surface area contributed by atoms with Gasteiger partial charge in [0.15, 0.2) is 0 Å². The van der Waals surface area contributed by atoms with Gasteiger partial charge in [-0.25, -0.2) is 0 Å². The van der Waals surface area contributed by atoms with Gasteiger partial charge in [0.1, 0.15) is 0 Å². The van der Waals surface area contributed by atoms with Crippen LogP contribution in [0.1, 0.15) is 25.0 Å². The molecule has 0 radical (unpaired) electrons. The summed E-state index contributed by atoms with van der Waals surface area (Å²) in [5.74, 6) is 0. The minimum atomic E-state index is 0.545. The summed E-state index contributed by atoms with van der Waals surface area (Å²) in [5.41, 5.74) is 3.92. The van der Waals surface area contributed by atoms with Gasteiger partial charge in [-0.1, -0.05) is 48.2 Å². The maximum absolute atomic E-state index is 3.42. The van der Waals surface area contributed by atoms with E-state index < -0.39 is 0 Å². The molecule has 0 amide bonds. The third-order valence-corrected chi connectivity index (χ3v) is 5.56. The zero-order chi connectivity index (χ0) is 16.4. The lowest BCUT2D eigenvalue weighted by Gasteiger charge is -2.22. The molecule has 0 fully saturated rings. The Balaban J connectivity index is 1.92. The molecule has 2 nitrogen and oxygen atoms in total. The molecule has 0 saturated heterocycles. The highest BCUT2D eigenvalue weighted by molar-refractivity contribution is 7.99. The zero-order valence-electron chi connectivity index (χ0n) is 14.3. The number of aromatic amines is 1. The summed E-state index contributed by atoms with van der Waals surface area (Å²) in [7, 11) is 2.18. The maximum Gasteiger partial charge on any atom is 0.0495 e. The van der Waals surface area contributed by atoms with Crippen LogP contribution in [0.5, 0.6) is 0 Å². The Bertz CT molecular complexity index is 804. The van der Waals surface area contributed by atoms with Crippen LogP contribution in [0.15, 0.2) is 58.5 Å². The van der Waals surface area contributed by atoms with Crippen molar-refractivity contribution in [2.24, 2.45) is 0 Å². The lowest BCUT2D eigenvalue weighted by atomic mass is 10.2. The van der Waals surface area contributed by atoms with Crippen molar-refractivity contribution in [1.29, 1.82) is 0 Å². The molecule has 23 heavy (non-hydrogen) atoms. The number of H-pyrrole nitrogens is 1. The Hall–Kier alpha value is -1.71. The smallest absolute Gasteiger partial charge is 0.0495 e. The molecule has 1 heterocycles. The molecule has 1 N–H and O–H groups in total. The Morgan fingerprint density at radius 1 is 1.04 bits per heavy atom. The largest absolute Gasteiger partial charge is 0.360 e. The quantitative estimate of drug-likeness (QED) is 0.671. The number of benzene rings is 2. The number of hydrogen-bond acceptors (Lipinski definition) is 2. The highest BCUT2D eigenvalue weighted by atomic mass is 32.2. The Morgan fingerprint density at radius 3 is 2.61 bits per heavy atom. The molecule has 3 rings (SSSR count). The summed E-state index contributed by atoms with van der Waals surface area (Å²) in [6.07, 6.45) is 2.13. The van der Waals surface area contributed by atoms with Gasteiger partial charge in [-0.2, -0.15) is 0 Å². The van der Waals surface area contributed by atoms with Gasteiger partial charge >= 0.3 is 0 Å². The maximum atomic E-state index is 3.42. The lowest BCUT2D eigenvalue weighted by molar-refractivity contribution is 0.264. The molecule has 0 unspecified atom stereocenters. The van der Waals surface area contributed by atoms with Gasteiger partial charge in [0, 0.05) is 39.5 Å². The average Bonchev–Trinajstić information content (AvgIpc) is 2.94. The van der Waals surface area contributed by atoms with E-state index in [0.29, 0.717) is 6.04 Å². The van der Waals surface area contributed by atoms with Crippen molar-refractivity contribution >= 4 is 22.7 Å². The summed E-state index contributed by atoms with van der Waals surface area (Å²) in [5, 5.41) is 1.31. The molecular weight excluding hydrogens is 300 g/mol. The van der Waals surface area contributed by atoms with Crippen molar-refractivity contribution < 1.29 is 0 Å². The Morgan fingerprint density at radius 2 is 1.83 bits per heavy atom. The van der Waals surface area contributed by atoms with Gasteiger partial charge < -0.3 is 4.98 Å². The number of fused-ring (bicyclic) bond motifs is 1. The molecule has 1 aromatic heterocycles.